The van der Waals surface area contributed by atoms with Crippen molar-refractivity contribution in [2.45, 2.75) is 38.6 Å². The molecule has 0 saturated heterocycles. The number of nitrogens with zero attached hydrogens (tertiary/aromatic N) is 3. The molecule has 7 nitrogen and oxygen atoms in total. The molecule has 1 N–H and O–H groups in total. The monoisotopic (exact) mass is 252 g/mol. The first-order valence-electron chi connectivity index (χ1n) is 5.99. The summed E-state index contributed by atoms with van der Waals surface area (Å²) in [4.78, 5) is 22.5. The average molecular weight is 252 g/mol. The topological polar surface area (TPSA) is 90.1 Å². The van der Waals surface area contributed by atoms with Crippen LogP contribution >= 0.6 is 0 Å². The third-order valence-corrected chi connectivity index (χ3v) is 3.28. The SMILES string of the molecule is Cc1nn(C)c(C(=O)NC2CCCC2)c1[N+](=O)[O-]. The smallest absolute Gasteiger partial charge is 0.322 e. The average Bonchev–Trinajstić information content (AvgIpc) is 2.85. The lowest BCUT2D eigenvalue weighted by Crippen LogP contribution is -2.34. The van der Waals surface area contributed by atoms with Gasteiger partial charge < -0.3 is 5.32 Å². The van der Waals surface area contributed by atoms with E-state index < -0.39 is 10.8 Å². The third kappa shape index (κ3) is 2.20. The van der Waals surface area contributed by atoms with E-state index in [1.807, 2.05) is 0 Å². The molecule has 0 aromatic carbocycles. The molecule has 1 aromatic heterocycles. The van der Waals surface area contributed by atoms with Crippen molar-refractivity contribution in [3.05, 3.63) is 21.5 Å². The Balaban J connectivity index is 2.26. The molecule has 0 unspecified atom stereocenters. The molecule has 0 bridgehead atoms. The fourth-order valence-electron chi connectivity index (χ4n) is 2.44. The summed E-state index contributed by atoms with van der Waals surface area (Å²) in [6, 6.07) is 0.132. The molecule has 1 amide bonds. The van der Waals surface area contributed by atoms with Gasteiger partial charge in [0.1, 0.15) is 5.69 Å². The number of hydrogen-bond acceptors (Lipinski definition) is 4. The fraction of sp³-hybridized carbons (Fsp3) is 0.636. The fourth-order valence-corrected chi connectivity index (χ4v) is 2.44. The van der Waals surface area contributed by atoms with E-state index in [4.69, 9.17) is 0 Å². The number of amides is 1. The zero-order valence-corrected chi connectivity index (χ0v) is 10.5. The van der Waals surface area contributed by atoms with Gasteiger partial charge in [-0.1, -0.05) is 12.8 Å². The summed E-state index contributed by atoms with van der Waals surface area (Å²) in [6.07, 6.45) is 4.07. The quantitative estimate of drug-likeness (QED) is 0.648. The van der Waals surface area contributed by atoms with Crippen molar-refractivity contribution in [3.8, 4) is 0 Å². The Morgan fingerprint density at radius 1 is 1.50 bits per heavy atom. The minimum atomic E-state index is -0.550. The van der Waals surface area contributed by atoms with Crippen molar-refractivity contribution >= 4 is 11.6 Å². The van der Waals surface area contributed by atoms with Crippen LogP contribution in [0.5, 0.6) is 0 Å². The van der Waals surface area contributed by atoms with Crippen molar-refractivity contribution in [3.63, 3.8) is 0 Å². The Morgan fingerprint density at radius 3 is 2.67 bits per heavy atom. The predicted molar refractivity (Wildman–Crippen MR) is 64.3 cm³/mol. The van der Waals surface area contributed by atoms with E-state index in [1.54, 1.807) is 7.05 Å². The van der Waals surface area contributed by atoms with Gasteiger partial charge in [0.05, 0.1) is 4.92 Å². The number of carbonyl (C=O) groups is 1. The van der Waals surface area contributed by atoms with Crippen LogP contribution in [0.3, 0.4) is 0 Å². The van der Waals surface area contributed by atoms with Gasteiger partial charge in [-0.15, -0.1) is 0 Å². The van der Waals surface area contributed by atoms with Crippen LogP contribution < -0.4 is 5.32 Å². The Morgan fingerprint density at radius 2 is 2.11 bits per heavy atom. The van der Waals surface area contributed by atoms with Gasteiger partial charge in [0.2, 0.25) is 5.69 Å². The van der Waals surface area contributed by atoms with Gasteiger partial charge in [-0.3, -0.25) is 19.6 Å². The molecule has 98 valence electrons. The lowest BCUT2D eigenvalue weighted by Gasteiger charge is -2.11. The molecule has 1 fully saturated rings. The lowest BCUT2D eigenvalue weighted by molar-refractivity contribution is -0.385. The largest absolute Gasteiger partial charge is 0.348 e. The highest BCUT2D eigenvalue weighted by Gasteiger charge is 2.30. The second-order valence-electron chi connectivity index (χ2n) is 4.62. The van der Waals surface area contributed by atoms with E-state index in [0.29, 0.717) is 0 Å². The van der Waals surface area contributed by atoms with Crippen molar-refractivity contribution in [1.82, 2.24) is 15.1 Å². The molecular formula is C11H16N4O3. The van der Waals surface area contributed by atoms with Crippen LogP contribution in [0.25, 0.3) is 0 Å². The number of carbonyl (C=O) groups excluding carboxylic acids is 1. The zero-order chi connectivity index (χ0) is 13.3. The van der Waals surface area contributed by atoms with Crippen LogP contribution in [0.4, 0.5) is 5.69 Å². The number of aryl methyl sites for hydroxylation is 2. The molecule has 0 spiro atoms. The summed E-state index contributed by atoms with van der Waals surface area (Å²) < 4.78 is 1.28. The first-order valence-corrected chi connectivity index (χ1v) is 5.99. The first-order chi connectivity index (χ1) is 8.50. The maximum absolute atomic E-state index is 12.1. The van der Waals surface area contributed by atoms with Crippen molar-refractivity contribution in [2.24, 2.45) is 7.05 Å². The van der Waals surface area contributed by atoms with E-state index in [-0.39, 0.29) is 23.1 Å². The molecule has 0 atom stereocenters. The number of rotatable bonds is 3. The standard InChI is InChI=1S/C11H16N4O3/c1-7-9(15(17)18)10(14(2)13-7)11(16)12-8-5-3-4-6-8/h8H,3-6H2,1-2H3,(H,12,16). The molecule has 0 radical (unpaired) electrons. The van der Waals surface area contributed by atoms with Gasteiger partial charge in [-0.2, -0.15) is 5.10 Å². The maximum Gasteiger partial charge on any atom is 0.322 e. The Hall–Kier alpha value is -1.92. The van der Waals surface area contributed by atoms with Crippen LogP contribution in [0.15, 0.2) is 0 Å². The molecular weight excluding hydrogens is 236 g/mol. The van der Waals surface area contributed by atoms with E-state index in [1.165, 1.54) is 11.6 Å². The van der Waals surface area contributed by atoms with E-state index >= 15 is 0 Å². The zero-order valence-electron chi connectivity index (χ0n) is 10.5. The van der Waals surface area contributed by atoms with Gasteiger partial charge in [-0.25, -0.2) is 0 Å². The summed E-state index contributed by atoms with van der Waals surface area (Å²) in [5.74, 6) is -0.406. The molecule has 1 aliphatic rings. The van der Waals surface area contributed by atoms with Crippen molar-refractivity contribution < 1.29 is 9.72 Å². The van der Waals surface area contributed by atoms with Crippen molar-refractivity contribution in [1.29, 1.82) is 0 Å². The van der Waals surface area contributed by atoms with E-state index in [9.17, 15) is 14.9 Å². The number of aromatic nitrogens is 2. The number of hydrogen-bond donors (Lipinski definition) is 1. The molecule has 7 heteroatoms. The van der Waals surface area contributed by atoms with Gasteiger partial charge >= 0.3 is 5.69 Å². The molecule has 2 rings (SSSR count). The Labute approximate surface area is 104 Å². The lowest BCUT2D eigenvalue weighted by atomic mass is 10.2. The molecule has 0 aliphatic heterocycles. The number of nitrogens with one attached hydrogen (secondary N) is 1. The van der Waals surface area contributed by atoms with Crippen LogP contribution in [0.1, 0.15) is 41.9 Å². The van der Waals surface area contributed by atoms with Gasteiger partial charge in [0.25, 0.3) is 5.91 Å². The summed E-state index contributed by atoms with van der Waals surface area (Å²) in [5, 5.41) is 17.8. The van der Waals surface area contributed by atoms with E-state index in [0.717, 1.165) is 25.7 Å². The molecule has 1 aromatic rings. The molecule has 1 aliphatic carbocycles. The predicted octanol–water partition coefficient (Wildman–Crippen LogP) is 1.31. The maximum atomic E-state index is 12.1. The van der Waals surface area contributed by atoms with Crippen molar-refractivity contribution in [2.75, 3.05) is 0 Å². The van der Waals surface area contributed by atoms with Gasteiger partial charge in [0.15, 0.2) is 0 Å². The van der Waals surface area contributed by atoms with Gasteiger partial charge in [0, 0.05) is 13.1 Å². The third-order valence-electron chi connectivity index (χ3n) is 3.28. The van der Waals surface area contributed by atoms with E-state index in [2.05, 4.69) is 10.4 Å². The summed E-state index contributed by atoms with van der Waals surface area (Å²) in [6.45, 7) is 1.53. The second-order valence-corrected chi connectivity index (χ2v) is 4.62. The Bertz CT molecular complexity index is 489. The minimum absolute atomic E-state index is 0.0319. The Kier molecular flexibility index (Phi) is 3.31. The minimum Gasteiger partial charge on any atom is -0.348 e. The number of nitro groups is 1. The summed E-state index contributed by atoms with van der Waals surface area (Å²) in [7, 11) is 1.55. The van der Waals surface area contributed by atoms with Gasteiger partial charge in [-0.05, 0) is 19.8 Å². The van der Waals surface area contributed by atoms with Crippen LogP contribution in [-0.2, 0) is 7.05 Å². The molecule has 1 saturated carbocycles. The van der Waals surface area contributed by atoms with Crippen LogP contribution in [0, 0.1) is 17.0 Å². The highest BCUT2D eigenvalue weighted by Crippen LogP contribution is 2.23. The first kappa shape index (κ1) is 12.5. The summed E-state index contributed by atoms with van der Waals surface area (Å²) in [5.41, 5.74) is 0.0940. The second kappa shape index (κ2) is 4.75. The highest BCUT2D eigenvalue weighted by molar-refractivity contribution is 5.97. The van der Waals surface area contributed by atoms with Crippen LogP contribution in [-0.4, -0.2) is 26.7 Å². The molecule has 18 heavy (non-hydrogen) atoms. The van der Waals surface area contributed by atoms with Crippen LogP contribution in [0.2, 0.25) is 0 Å². The molecule has 1 heterocycles. The summed E-state index contributed by atoms with van der Waals surface area (Å²) >= 11 is 0. The normalized spacial score (nSPS) is 15.9. The highest BCUT2D eigenvalue weighted by atomic mass is 16.6.